The Morgan fingerprint density at radius 3 is 2.74 bits per heavy atom. The largest absolute Gasteiger partial charge is 0.376 e. The molecule has 1 saturated heterocycles. The standard InChI is InChI=1S/C22H21ClN2O2/c1-25(14-17-5-4-12-27-17)22(26)19-13-21(15-8-10-16(23)11-9-15)24-20-7-3-2-6-18(19)20/h2-3,6-11,13,17H,4-5,12,14H2,1H3. The average Bonchev–Trinajstić information content (AvgIpc) is 3.20. The van der Waals surface area contributed by atoms with Crippen LogP contribution >= 0.6 is 11.6 Å². The molecule has 0 radical (unpaired) electrons. The molecule has 0 aliphatic carbocycles. The van der Waals surface area contributed by atoms with Crippen molar-refractivity contribution >= 4 is 28.4 Å². The SMILES string of the molecule is CN(CC1CCCO1)C(=O)c1cc(-c2ccc(Cl)cc2)nc2ccccc12. The van der Waals surface area contributed by atoms with Crippen molar-refractivity contribution in [2.24, 2.45) is 0 Å². The third-order valence-corrected chi connectivity index (χ3v) is 5.19. The number of halogens is 1. The van der Waals surface area contributed by atoms with Crippen LogP contribution in [0.4, 0.5) is 0 Å². The van der Waals surface area contributed by atoms with E-state index in [9.17, 15) is 4.79 Å². The lowest BCUT2D eigenvalue weighted by Gasteiger charge is -2.22. The van der Waals surface area contributed by atoms with E-state index in [0.29, 0.717) is 17.1 Å². The minimum atomic E-state index is -0.0145. The number of carbonyl (C=O) groups is 1. The summed E-state index contributed by atoms with van der Waals surface area (Å²) in [6, 6.07) is 17.1. The quantitative estimate of drug-likeness (QED) is 0.652. The molecule has 5 heteroatoms. The van der Waals surface area contributed by atoms with Crippen LogP contribution in [-0.2, 0) is 4.74 Å². The first-order valence-corrected chi connectivity index (χ1v) is 9.52. The van der Waals surface area contributed by atoms with E-state index in [-0.39, 0.29) is 12.0 Å². The monoisotopic (exact) mass is 380 g/mol. The van der Waals surface area contributed by atoms with Crippen molar-refractivity contribution in [2.45, 2.75) is 18.9 Å². The molecule has 0 spiro atoms. The summed E-state index contributed by atoms with van der Waals surface area (Å²) >= 11 is 6.01. The molecule has 0 saturated carbocycles. The molecule has 27 heavy (non-hydrogen) atoms. The fourth-order valence-corrected chi connectivity index (χ4v) is 3.63. The second kappa shape index (κ2) is 7.67. The van der Waals surface area contributed by atoms with Crippen LogP contribution in [-0.4, -0.2) is 42.1 Å². The highest BCUT2D eigenvalue weighted by Crippen LogP contribution is 2.27. The van der Waals surface area contributed by atoms with E-state index in [1.54, 1.807) is 4.90 Å². The van der Waals surface area contributed by atoms with Crippen LogP contribution in [0.15, 0.2) is 54.6 Å². The molecule has 4 nitrogen and oxygen atoms in total. The Morgan fingerprint density at radius 2 is 2.00 bits per heavy atom. The van der Waals surface area contributed by atoms with Crippen molar-refractivity contribution in [1.29, 1.82) is 0 Å². The maximum atomic E-state index is 13.2. The van der Waals surface area contributed by atoms with Crippen LogP contribution in [0, 0.1) is 0 Å². The summed E-state index contributed by atoms with van der Waals surface area (Å²) in [6.45, 7) is 1.39. The molecule has 1 unspecified atom stereocenters. The molecule has 3 aromatic rings. The Hall–Kier alpha value is -2.43. The zero-order chi connectivity index (χ0) is 18.8. The second-order valence-electron chi connectivity index (χ2n) is 6.90. The molecule has 138 valence electrons. The van der Waals surface area contributed by atoms with Crippen LogP contribution in [0.3, 0.4) is 0 Å². The van der Waals surface area contributed by atoms with Crippen molar-refractivity contribution in [1.82, 2.24) is 9.88 Å². The van der Waals surface area contributed by atoms with Crippen molar-refractivity contribution in [3.05, 3.63) is 65.2 Å². The lowest BCUT2D eigenvalue weighted by atomic mass is 10.0. The highest BCUT2D eigenvalue weighted by molar-refractivity contribution is 6.30. The molecule has 0 bridgehead atoms. The number of pyridine rings is 1. The number of benzene rings is 2. The average molecular weight is 381 g/mol. The van der Waals surface area contributed by atoms with Crippen LogP contribution in [0.5, 0.6) is 0 Å². The zero-order valence-electron chi connectivity index (χ0n) is 15.2. The second-order valence-corrected chi connectivity index (χ2v) is 7.34. The lowest BCUT2D eigenvalue weighted by molar-refractivity contribution is 0.0588. The van der Waals surface area contributed by atoms with E-state index in [4.69, 9.17) is 21.3 Å². The predicted octanol–water partition coefficient (Wildman–Crippen LogP) is 4.81. The highest BCUT2D eigenvalue weighted by Gasteiger charge is 2.22. The van der Waals surface area contributed by atoms with Gasteiger partial charge in [0.25, 0.3) is 5.91 Å². The van der Waals surface area contributed by atoms with Crippen molar-refractivity contribution in [3.63, 3.8) is 0 Å². The molecule has 1 atom stereocenters. The maximum absolute atomic E-state index is 13.2. The number of hydrogen-bond donors (Lipinski definition) is 0. The van der Waals surface area contributed by atoms with Gasteiger partial charge in [0.15, 0.2) is 0 Å². The van der Waals surface area contributed by atoms with E-state index >= 15 is 0 Å². The van der Waals surface area contributed by atoms with Gasteiger partial charge in [0.05, 0.1) is 22.9 Å². The number of nitrogens with zero attached hydrogens (tertiary/aromatic N) is 2. The molecule has 1 aromatic heterocycles. The molecular formula is C22H21ClN2O2. The van der Waals surface area contributed by atoms with E-state index in [2.05, 4.69) is 0 Å². The fourth-order valence-electron chi connectivity index (χ4n) is 3.50. The summed E-state index contributed by atoms with van der Waals surface area (Å²) in [4.78, 5) is 19.7. The van der Waals surface area contributed by atoms with E-state index in [0.717, 1.165) is 41.6 Å². The summed E-state index contributed by atoms with van der Waals surface area (Å²) in [6.07, 6.45) is 2.19. The number of aromatic nitrogens is 1. The van der Waals surface area contributed by atoms with E-state index in [1.165, 1.54) is 0 Å². The van der Waals surface area contributed by atoms with Gasteiger partial charge in [0.2, 0.25) is 0 Å². The maximum Gasteiger partial charge on any atom is 0.254 e. The van der Waals surface area contributed by atoms with Crippen LogP contribution < -0.4 is 0 Å². The molecule has 4 rings (SSSR count). The number of para-hydroxylation sites is 1. The van der Waals surface area contributed by atoms with Gasteiger partial charge in [-0.1, -0.05) is 41.9 Å². The summed E-state index contributed by atoms with van der Waals surface area (Å²) in [5.74, 6) is -0.0145. The molecule has 1 amide bonds. The highest BCUT2D eigenvalue weighted by atomic mass is 35.5. The van der Waals surface area contributed by atoms with Gasteiger partial charge in [-0.05, 0) is 37.1 Å². The smallest absolute Gasteiger partial charge is 0.254 e. The van der Waals surface area contributed by atoms with Gasteiger partial charge in [-0.25, -0.2) is 4.98 Å². The minimum absolute atomic E-state index is 0.0145. The normalized spacial score (nSPS) is 16.6. The molecule has 1 aliphatic heterocycles. The van der Waals surface area contributed by atoms with Gasteiger partial charge < -0.3 is 9.64 Å². The first kappa shape index (κ1) is 18.0. The molecule has 1 aliphatic rings. The van der Waals surface area contributed by atoms with Gasteiger partial charge in [-0.2, -0.15) is 0 Å². The fraction of sp³-hybridized carbons (Fsp3) is 0.273. The Morgan fingerprint density at radius 1 is 1.22 bits per heavy atom. The number of fused-ring (bicyclic) bond motifs is 1. The van der Waals surface area contributed by atoms with Crippen LogP contribution in [0.1, 0.15) is 23.2 Å². The van der Waals surface area contributed by atoms with Gasteiger partial charge in [0, 0.05) is 36.2 Å². The summed E-state index contributed by atoms with van der Waals surface area (Å²) in [5.41, 5.74) is 3.16. The number of carbonyl (C=O) groups excluding carboxylic acids is 1. The lowest BCUT2D eigenvalue weighted by Crippen LogP contribution is -2.34. The van der Waals surface area contributed by atoms with Crippen molar-refractivity contribution < 1.29 is 9.53 Å². The topological polar surface area (TPSA) is 42.4 Å². The molecular weight excluding hydrogens is 360 g/mol. The number of ether oxygens (including phenoxy) is 1. The summed E-state index contributed by atoms with van der Waals surface area (Å²) in [7, 11) is 1.83. The molecule has 2 heterocycles. The minimum Gasteiger partial charge on any atom is -0.376 e. The Bertz CT molecular complexity index is 966. The van der Waals surface area contributed by atoms with Gasteiger partial charge in [0.1, 0.15) is 0 Å². The number of rotatable bonds is 4. The van der Waals surface area contributed by atoms with E-state index < -0.39 is 0 Å². The van der Waals surface area contributed by atoms with Gasteiger partial charge in [-0.3, -0.25) is 4.79 Å². The molecule has 1 fully saturated rings. The third-order valence-electron chi connectivity index (χ3n) is 4.93. The Labute approximate surface area is 163 Å². The van der Waals surface area contributed by atoms with Gasteiger partial charge >= 0.3 is 0 Å². The Kier molecular flexibility index (Phi) is 5.10. The molecule has 2 aromatic carbocycles. The van der Waals surface area contributed by atoms with Crippen molar-refractivity contribution in [2.75, 3.05) is 20.2 Å². The first-order chi connectivity index (χ1) is 13.1. The number of amides is 1. The third kappa shape index (κ3) is 3.82. The number of likely N-dealkylation sites (N-methyl/N-ethyl adjacent to an activating group) is 1. The van der Waals surface area contributed by atoms with E-state index in [1.807, 2.05) is 61.6 Å². The summed E-state index contributed by atoms with van der Waals surface area (Å²) < 4.78 is 5.68. The van der Waals surface area contributed by atoms with Crippen LogP contribution in [0.25, 0.3) is 22.2 Å². The predicted molar refractivity (Wildman–Crippen MR) is 108 cm³/mol. The zero-order valence-corrected chi connectivity index (χ0v) is 15.9. The van der Waals surface area contributed by atoms with Crippen LogP contribution in [0.2, 0.25) is 5.02 Å². The van der Waals surface area contributed by atoms with Crippen molar-refractivity contribution in [3.8, 4) is 11.3 Å². The van der Waals surface area contributed by atoms with Gasteiger partial charge in [-0.15, -0.1) is 0 Å². The molecule has 0 N–H and O–H groups in total. The first-order valence-electron chi connectivity index (χ1n) is 9.14. The Balaban J connectivity index is 1.73. The number of hydrogen-bond acceptors (Lipinski definition) is 3. The summed E-state index contributed by atoms with van der Waals surface area (Å²) in [5, 5.41) is 1.53.